The van der Waals surface area contributed by atoms with Gasteiger partial charge in [0.05, 0.1) is 22.1 Å². The average Bonchev–Trinajstić information content (AvgIpc) is 4.00. The molecule has 0 unspecified atom stereocenters. The van der Waals surface area contributed by atoms with E-state index in [4.69, 9.17) is 19.4 Å². The highest BCUT2D eigenvalue weighted by Crippen LogP contribution is 2.39. The molecule has 4 heterocycles. The zero-order valence-corrected chi connectivity index (χ0v) is 31.7. The molecule has 0 saturated heterocycles. The molecule has 276 valence electrons. The van der Waals surface area contributed by atoms with Gasteiger partial charge in [0, 0.05) is 49.4 Å². The fourth-order valence-corrected chi connectivity index (χ4v) is 8.76. The smallest absolute Gasteiger partial charge is 0.199 e. The SMILES string of the molecule is c1ccc(-c2ccccc2-c2nc(-c3cc(-n4c5ccccc5c5ccccc54)cc(-n4c5ccccc5c5ccccc54)c3)nc(-c3cc4ccccc4o3)n2)cc1. The van der Waals surface area contributed by atoms with Crippen molar-refractivity contribution in [2.24, 2.45) is 0 Å². The highest BCUT2D eigenvalue weighted by atomic mass is 16.3. The van der Waals surface area contributed by atoms with Crippen molar-refractivity contribution in [3.8, 4) is 56.9 Å². The van der Waals surface area contributed by atoms with E-state index in [1.54, 1.807) is 0 Å². The molecule has 4 aromatic heterocycles. The van der Waals surface area contributed by atoms with Gasteiger partial charge in [0.1, 0.15) is 5.58 Å². The molecule has 12 aromatic rings. The zero-order chi connectivity index (χ0) is 38.9. The van der Waals surface area contributed by atoms with Crippen LogP contribution in [0.5, 0.6) is 0 Å². The minimum atomic E-state index is 0.463. The van der Waals surface area contributed by atoms with E-state index in [9.17, 15) is 0 Å². The summed E-state index contributed by atoms with van der Waals surface area (Å²) in [4.78, 5) is 15.8. The fraction of sp³-hybridized carbons (Fsp3) is 0. The van der Waals surface area contributed by atoms with Crippen molar-refractivity contribution in [2.75, 3.05) is 0 Å². The highest BCUT2D eigenvalue weighted by Gasteiger charge is 2.21. The maximum Gasteiger partial charge on any atom is 0.199 e. The molecule has 0 N–H and O–H groups in total. The van der Waals surface area contributed by atoms with E-state index in [0.29, 0.717) is 23.2 Å². The second kappa shape index (κ2) is 13.3. The Kier molecular flexibility index (Phi) is 7.43. The molecular weight excluding hydrogens is 723 g/mol. The zero-order valence-electron chi connectivity index (χ0n) is 31.7. The van der Waals surface area contributed by atoms with E-state index in [0.717, 1.165) is 66.7 Å². The number of hydrogen-bond donors (Lipinski definition) is 0. The van der Waals surface area contributed by atoms with Gasteiger partial charge in [-0.2, -0.15) is 0 Å². The molecular formula is C53H33N5O. The van der Waals surface area contributed by atoms with Crippen LogP contribution in [0, 0.1) is 0 Å². The molecule has 0 saturated carbocycles. The van der Waals surface area contributed by atoms with Gasteiger partial charge in [-0.15, -0.1) is 0 Å². The Hall–Kier alpha value is -8.09. The molecule has 12 rings (SSSR count). The Labute approximate surface area is 338 Å². The number of nitrogens with zero attached hydrogens (tertiary/aromatic N) is 5. The molecule has 0 aliphatic heterocycles. The van der Waals surface area contributed by atoms with Crippen molar-refractivity contribution in [2.45, 2.75) is 0 Å². The standard InChI is InChI=1S/C53H33N5O/c1-2-16-34(17-3-1)39-19-5-6-24-44(39)52-54-51(55-53(56-52)50-32-35-18-4-15-29-49(35)59-50)36-30-37(57-45-25-11-7-20-40(45)41-21-8-12-26-46(41)57)33-38(31-36)58-47-27-13-9-22-42(47)43-23-10-14-28-48(43)58/h1-33H. The van der Waals surface area contributed by atoms with Gasteiger partial charge in [0.25, 0.3) is 0 Å². The van der Waals surface area contributed by atoms with Gasteiger partial charge >= 0.3 is 0 Å². The number of furan rings is 1. The Morgan fingerprint density at radius 2 is 0.797 bits per heavy atom. The maximum absolute atomic E-state index is 6.45. The second-order valence-electron chi connectivity index (χ2n) is 14.8. The summed E-state index contributed by atoms with van der Waals surface area (Å²) >= 11 is 0. The van der Waals surface area contributed by atoms with Crippen LogP contribution in [0.2, 0.25) is 0 Å². The molecule has 0 aliphatic carbocycles. The number of rotatable bonds is 6. The molecule has 0 radical (unpaired) electrons. The predicted molar refractivity (Wildman–Crippen MR) is 240 cm³/mol. The van der Waals surface area contributed by atoms with Crippen LogP contribution < -0.4 is 0 Å². The third kappa shape index (κ3) is 5.38. The lowest BCUT2D eigenvalue weighted by molar-refractivity contribution is 0.625. The molecule has 0 aliphatic rings. The van der Waals surface area contributed by atoms with E-state index in [-0.39, 0.29) is 0 Å². The van der Waals surface area contributed by atoms with Gasteiger partial charge in [-0.3, -0.25) is 0 Å². The van der Waals surface area contributed by atoms with Gasteiger partial charge in [0.15, 0.2) is 23.2 Å². The lowest BCUT2D eigenvalue weighted by Crippen LogP contribution is -2.03. The first-order valence-electron chi connectivity index (χ1n) is 19.8. The summed E-state index contributed by atoms with van der Waals surface area (Å²) in [5.74, 6) is 2.14. The quantitative estimate of drug-likeness (QED) is 0.170. The molecule has 59 heavy (non-hydrogen) atoms. The van der Waals surface area contributed by atoms with Crippen LogP contribution >= 0.6 is 0 Å². The number of fused-ring (bicyclic) bond motifs is 7. The molecule has 8 aromatic carbocycles. The predicted octanol–water partition coefficient (Wildman–Crippen LogP) is 13.5. The first kappa shape index (κ1) is 33.1. The molecule has 6 heteroatoms. The Balaban J connectivity index is 1.17. The average molecular weight is 756 g/mol. The molecule has 0 amide bonds. The lowest BCUT2D eigenvalue weighted by atomic mass is 9.99. The van der Waals surface area contributed by atoms with Gasteiger partial charge < -0.3 is 13.6 Å². The Morgan fingerprint density at radius 3 is 1.37 bits per heavy atom. The molecule has 0 fully saturated rings. The van der Waals surface area contributed by atoms with Gasteiger partial charge in [-0.25, -0.2) is 15.0 Å². The summed E-state index contributed by atoms with van der Waals surface area (Å²) < 4.78 is 11.2. The van der Waals surface area contributed by atoms with E-state index in [1.807, 2.05) is 42.5 Å². The normalized spacial score (nSPS) is 11.7. The van der Waals surface area contributed by atoms with E-state index < -0.39 is 0 Å². The van der Waals surface area contributed by atoms with Crippen molar-refractivity contribution in [1.82, 2.24) is 24.1 Å². The summed E-state index contributed by atoms with van der Waals surface area (Å²) in [6.45, 7) is 0. The maximum atomic E-state index is 6.45. The monoisotopic (exact) mass is 755 g/mol. The molecule has 0 bridgehead atoms. The van der Waals surface area contributed by atoms with Crippen LogP contribution in [-0.4, -0.2) is 24.1 Å². The third-order valence-electron chi connectivity index (χ3n) is 11.4. The largest absolute Gasteiger partial charge is 0.453 e. The number of hydrogen-bond acceptors (Lipinski definition) is 4. The van der Waals surface area contributed by atoms with E-state index >= 15 is 0 Å². The van der Waals surface area contributed by atoms with Crippen LogP contribution in [0.1, 0.15) is 0 Å². The summed E-state index contributed by atoms with van der Waals surface area (Å²) in [5.41, 5.74) is 11.1. The topological polar surface area (TPSA) is 61.7 Å². The first-order valence-corrected chi connectivity index (χ1v) is 19.8. The minimum absolute atomic E-state index is 0.463. The minimum Gasteiger partial charge on any atom is -0.453 e. The summed E-state index contributed by atoms with van der Waals surface area (Å²) in [6, 6.07) is 69.9. The van der Waals surface area contributed by atoms with Crippen molar-refractivity contribution < 1.29 is 4.42 Å². The third-order valence-corrected chi connectivity index (χ3v) is 11.4. The van der Waals surface area contributed by atoms with Crippen LogP contribution in [0.15, 0.2) is 205 Å². The molecule has 0 spiro atoms. The summed E-state index contributed by atoms with van der Waals surface area (Å²) in [7, 11) is 0. The lowest BCUT2D eigenvalue weighted by Gasteiger charge is -2.16. The van der Waals surface area contributed by atoms with Crippen LogP contribution in [0.25, 0.3) is 111 Å². The van der Waals surface area contributed by atoms with Crippen LogP contribution in [0.4, 0.5) is 0 Å². The van der Waals surface area contributed by atoms with Crippen molar-refractivity contribution in [3.05, 3.63) is 200 Å². The number of para-hydroxylation sites is 5. The Morgan fingerprint density at radius 1 is 0.339 bits per heavy atom. The van der Waals surface area contributed by atoms with E-state index in [2.05, 4.69) is 167 Å². The highest BCUT2D eigenvalue weighted by molar-refractivity contribution is 6.10. The van der Waals surface area contributed by atoms with Crippen molar-refractivity contribution >= 4 is 54.6 Å². The number of benzene rings is 8. The second-order valence-corrected chi connectivity index (χ2v) is 14.8. The Bertz CT molecular complexity index is 3300. The van der Waals surface area contributed by atoms with Crippen molar-refractivity contribution in [1.29, 1.82) is 0 Å². The number of aromatic nitrogens is 5. The van der Waals surface area contributed by atoms with Crippen LogP contribution in [0.3, 0.4) is 0 Å². The van der Waals surface area contributed by atoms with Crippen molar-refractivity contribution in [3.63, 3.8) is 0 Å². The fourth-order valence-electron chi connectivity index (χ4n) is 8.76. The molecule has 6 nitrogen and oxygen atoms in total. The van der Waals surface area contributed by atoms with Gasteiger partial charge in [-0.05, 0) is 65.7 Å². The van der Waals surface area contributed by atoms with Gasteiger partial charge in [0.2, 0.25) is 0 Å². The van der Waals surface area contributed by atoms with E-state index in [1.165, 1.54) is 21.5 Å². The summed E-state index contributed by atoms with van der Waals surface area (Å²) in [6.07, 6.45) is 0. The van der Waals surface area contributed by atoms with Crippen LogP contribution in [-0.2, 0) is 0 Å². The first-order chi connectivity index (χ1) is 29.2. The van der Waals surface area contributed by atoms with Gasteiger partial charge in [-0.1, -0.05) is 146 Å². The summed E-state index contributed by atoms with van der Waals surface area (Å²) in [5, 5.41) is 5.76. The molecule has 0 atom stereocenters.